The molecule has 0 bridgehead atoms. The monoisotopic (exact) mass is 441 g/mol. The fourth-order valence-corrected chi connectivity index (χ4v) is 4.85. The van der Waals surface area contributed by atoms with E-state index in [0.29, 0.717) is 28.4 Å². The number of nitrogens with one attached hydrogen (secondary N) is 2. The topological polar surface area (TPSA) is 103 Å². The number of hydrogen-bond acceptors (Lipinski definition) is 7. The summed E-state index contributed by atoms with van der Waals surface area (Å²) in [5.74, 6) is 0.650. The molecular weight excluding hydrogens is 414 g/mol. The van der Waals surface area contributed by atoms with E-state index in [1.54, 1.807) is 24.5 Å². The van der Waals surface area contributed by atoms with Crippen LogP contribution in [0.25, 0.3) is 22.4 Å². The first-order valence-electron chi connectivity index (χ1n) is 10.3. The van der Waals surface area contributed by atoms with E-state index in [0.717, 1.165) is 24.0 Å². The Morgan fingerprint density at radius 3 is 2.32 bits per heavy atom. The van der Waals surface area contributed by atoms with Crippen LogP contribution >= 0.6 is 11.6 Å². The molecule has 4 rings (SSSR count). The smallest absolute Gasteiger partial charge is 0.245 e. The van der Waals surface area contributed by atoms with Crippen molar-refractivity contribution in [2.24, 2.45) is 0 Å². The quantitative estimate of drug-likeness (QED) is 0.561. The molecule has 0 aliphatic carbocycles. The van der Waals surface area contributed by atoms with Gasteiger partial charge < -0.3 is 15.3 Å². The van der Waals surface area contributed by atoms with Gasteiger partial charge in [0.1, 0.15) is 16.6 Å². The highest BCUT2D eigenvalue weighted by molar-refractivity contribution is 6.32. The number of aromatic amines is 1. The van der Waals surface area contributed by atoms with Crippen LogP contribution in [0.1, 0.15) is 40.5 Å². The summed E-state index contributed by atoms with van der Waals surface area (Å²) < 4.78 is 0. The Bertz CT molecular complexity index is 1060. The normalized spacial score (nSPS) is 18.1. The predicted octanol–water partition coefficient (Wildman–Crippen LogP) is 4.03. The zero-order valence-corrected chi connectivity index (χ0v) is 19.2. The maximum Gasteiger partial charge on any atom is 0.245 e. The number of aromatic nitrogens is 5. The molecule has 1 aliphatic rings. The summed E-state index contributed by atoms with van der Waals surface area (Å²) in [5.41, 5.74) is 2.59. The average molecular weight is 442 g/mol. The van der Waals surface area contributed by atoms with Gasteiger partial charge in [0.2, 0.25) is 5.95 Å². The maximum absolute atomic E-state index is 10.5. The van der Waals surface area contributed by atoms with Gasteiger partial charge in [-0.25, -0.2) is 4.98 Å². The highest BCUT2D eigenvalue weighted by atomic mass is 35.5. The van der Waals surface area contributed by atoms with Gasteiger partial charge in [-0.1, -0.05) is 17.7 Å². The van der Waals surface area contributed by atoms with Crippen molar-refractivity contribution in [3.8, 4) is 28.1 Å². The Morgan fingerprint density at radius 2 is 1.77 bits per heavy atom. The lowest BCUT2D eigenvalue weighted by Crippen LogP contribution is -2.62. The van der Waals surface area contributed by atoms with Gasteiger partial charge in [-0.15, -0.1) is 10.2 Å². The second-order valence-corrected chi connectivity index (χ2v) is 9.92. The molecule has 0 amide bonds. The lowest BCUT2D eigenvalue weighted by molar-refractivity contribution is 0.160. The Balaban J connectivity index is 1.55. The van der Waals surface area contributed by atoms with Gasteiger partial charge in [-0.3, -0.25) is 5.10 Å². The number of benzene rings is 1. The molecule has 31 heavy (non-hydrogen) atoms. The summed E-state index contributed by atoms with van der Waals surface area (Å²) in [5, 5.41) is 29.9. The zero-order valence-electron chi connectivity index (χ0n) is 18.4. The van der Waals surface area contributed by atoms with Gasteiger partial charge in [-0.05, 0) is 58.2 Å². The number of H-pyrrole nitrogens is 1. The van der Waals surface area contributed by atoms with Gasteiger partial charge in [0.05, 0.1) is 12.4 Å². The van der Waals surface area contributed by atoms with E-state index < -0.39 is 0 Å². The largest absolute Gasteiger partial charge is 0.507 e. The second-order valence-electron chi connectivity index (χ2n) is 9.54. The van der Waals surface area contributed by atoms with Gasteiger partial charge >= 0.3 is 0 Å². The molecule has 0 spiro atoms. The van der Waals surface area contributed by atoms with Crippen molar-refractivity contribution in [2.45, 2.75) is 57.7 Å². The first-order chi connectivity index (χ1) is 14.5. The van der Waals surface area contributed by atoms with E-state index in [1.807, 2.05) is 13.1 Å². The molecule has 0 atom stereocenters. The maximum atomic E-state index is 10.5. The van der Waals surface area contributed by atoms with E-state index in [2.05, 4.69) is 63.3 Å². The van der Waals surface area contributed by atoms with Crippen LogP contribution in [-0.4, -0.2) is 54.7 Å². The number of nitrogens with zero attached hydrogens (tertiary/aromatic N) is 5. The number of rotatable bonds is 4. The predicted molar refractivity (Wildman–Crippen MR) is 122 cm³/mol. The third-order valence-corrected chi connectivity index (χ3v) is 6.05. The number of piperidine rings is 1. The molecule has 2 aromatic heterocycles. The Hall–Kier alpha value is -2.71. The number of aromatic hydroxyl groups is 1. The van der Waals surface area contributed by atoms with Crippen LogP contribution in [0.5, 0.6) is 5.75 Å². The standard InChI is InChI=1S/C22H28ClN7O/c1-21(2)9-14(10-22(3,4)29-21)30(5)20-24-12-17(26-28-20)15-7-6-13(8-18(15)31)16-11-25-27-19(16)23/h6-8,11-12,14,29,31H,9-10H2,1-5H3,(H,25,27). The average Bonchev–Trinajstić information content (AvgIpc) is 3.11. The van der Waals surface area contributed by atoms with Crippen molar-refractivity contribution >= 4 is 17.5 Å². The van der Waals surface area contributed by atoms with Crippen LogP contribution in [0, 0.1) is 0 Å². The third kappa shape index (κ3) is 4.50. The molecule has 0 saturated carbocycles. The van der Waals surface area contributed by atoms with Crippen molar-refractivity contribution in [3.05, 3.63) is 35.7 Å². The molecule has 3 N–H and O–H groups in total. The molecule has 0 radical (unpaired) electrons. The molecule has 9 heteroatoms. The van der Waals surface area contributed by atoms with Crippen LogP contribution in [0.2, 0.25) is 5.15 Å². The summed E-state index contributed by atoms with van der Waals surface area (Å²) in [6.07, 6.45) is 5.23. The highest BCUT2D eigenvalue weighted by Crippen LogP contribution is 2.35. The summed E-state index contributed by atoms with van der Waals surface area (Å²) in [7, 11) is 2.01. The molecule has 1 aromatic carbocycles. The van der Waals surface area contributed by atoms with Crippen molar-refractivity contribution < 1.29 is 5.11 Å². The van der Waals surface area contributed by atoms with Crippen LogP contribution in [-0.2, 0) is 0 Å². The Kier molecular flexibility index (Phi) is 5.39. The summed E-state index contributed by atoms with van der Waals surface area (Å²) in [6, 6.07) is 5.56. The summed E-state index contributed by atoms with van der Waals surface area (Å²) in [4.78, 5) is 6.64. The highest BCUT2D eigenvalue weighted by Gasteiger charge is 2.39. The molecule has 164 valence electrons. The van der Waals surface area contributed by atoms with Crippen molar-refractivity contribution in [2.75, 3.05) is 11.9 Å². The molecular formula is C22H28ClN7O. The number of phenolic OH excluding ortho intramolecular Hbond substituents is 1. The molecule has 8 nitrogen and oxygen atoms in total. The SMILES string of the molecule is CN(c1ncc(-c2ccc(-c3cn[nH]c3Cl)cc2O)nn1)C1CC(C)(C)NC(C)(C)C1. The lowest BCUT2D eigenvalue weighted by atomic mass is 9.79. The van der Waals surface area contributed by atoms with Gasteiger partial charge in [0, 0.05) is 35.3 Å². The van der Waals surface area contributed by atoms with E-state index >= 15 is 0 Å². The van der Waals surface area contributed by atoms with Crippen molar-refractivity contribution in [1.82, 2.24) is 30.7 Å². The number of halogens is 1. The van der Waals surface area contributed by atoms with Crippen LogP contribution in [0.15, 0.2) is 30.6 Å². The second kappa shape index (κ2) is 7.76. The number of phenols is 1. The van der Waals surface area contributed by atoms with Gasteiger partial charge in [0.25, 0.3) is 0 Å². The summed E-state index contributed by atoms with van der Waals surface area (Å²) >= 11 is 6.09. The molecule has 1 fully saturated rings. The van der Waals surface area contributed by atoms with E-state index in [4.69, 9.17) is 11.6 Å². The Labute approximate surface area is 187 Å². The third-order valence-electron chi connectivity index (χ3n) is 5.76. The molecule has 3 aromatic rings. The van der Waals surface area contributed by atoms with E-state index in [1.165, 1.54) is 0 Å². The lowest BCUT2D eigenvalue weighted by Gasteiger charge is -2.48. The van der Waals surface area contributed by atoms with Gasteiger partial charge in [0.15, 0.2) is 0 Å². The van der Waals surface area contributed by atoms with E-state index in [-0.39, 0.29) is 16.8 Å². The van der Waals surface area contributed by atoms with E-state index in [9.17, 15) is 5.11 Å². The molecule has 1 aliphatic heterocycles. The van der Waals surface area contributed by atoms with Crippen LogP contribution < -0.4 is 10.2 Å². The molecule has 1 saturated heterocycles. The van der Waals surface area contributed by atoms with Crippen LogP contribution in [0.4, 0.5) is 5.95 Å². The number of anilines is 1. The van der Waals surface area contributed by atoms with Gasteiger partial charge in [-0.2, -0.15) is 5.10 Å². The summed E-state index contributed by atoms with van der Waals surface area (Å²) in [6.45, 7) is 8.89. The molecule has 0 unspecified atom stereocenters. The van der Waals surface area contributed by atoms with Crippen LogP contribution in [0.3, 0.4) is 0 Å². The van der Waals surface area contributed by atoms with Crippen molar-refractivity contribution in [1.29, 1.82) is 0 Å². The minimum atomic E-state index is 0.0272. The first-order valence-corrected chi connectivity index (χ1v) is 10.7. The minimum absolute atomic E-state index is 0.0272. The Morgan fingerprint density at radius 1 is 1.06 bits per heavy atom. The minimum Gasteiger partial charge on any atom is -0.507 e. The van der Waals surface area contributed by atoms with Crippen molar-refractivity contribution in [3.63, 3.8) is 0 Å². The first kappa shape index (κ1) is 21.5. The zero-order chi connectivity index (χ0) is 22.4. The number of hydrogen-bond donors (Lipinski definition) is 3. The fourth-order valence-electron chi connectivity index (χ4n) is 4.65. The molecule has 3 heterocycles. The fraction of sp³-hybridized carbons (Fsp3) is 0.455.